The Labute approximate surface area is 170 Å². The molecule has 0 aromatic rings. The largest absolute Gasteiger partial charge is 0.377 e. The van der Waals surface area contributed by atoms with Crippen LogP contribution in [0.25, 0.3) is 0 Å². The fourth-order valence-corrected chi connectivity index (χ4v) is 7.64. The molecular weight excluding hydrogens is 344 g/mol. The number of Topliss-reactive ketones (excluding diaryl/α,β-unsaturated/α-hetero) is 1. The lowest BCUT2D eigenvalue weighted by atomic mass is 9.51. The van der Waals surface area contributed by atoms with Crippen LogP contribution in [0.3, 0.4) is 0 Å². The molecule has 0 aromatic heterocycles. The molecule has 0 saturated heterocycles. The van der Waals surface area contributed by atoms with Crippen molar-refractivity contribution < 1.29 is 9.90 Å². The second kappa shape index (κ2) is 6.73. The predicted molar refractivity (Wildman–Crippen MR) is 111 cm³/mol. The molecule has 5 aliphatic carbocycles. The lowest BCUT2D eigenvalue weighted by Gasteiger charge is -2.54. The molecule has 0 aliphatic heterocycles. The predicted octanol–water partition coefficient (Wildman–Crippen LogP) is 5.30. The maximum atomic E-state index is 12.6. The molecule has 0 bridgehead atoms. The molecule has 0 amide bonds. The van der Waals surface area contributed by atoms with Crippen molar-refractivity contribution in [3.8, 4) is 11.8 Å². The van der Waals surface area contributed by atoms with E-state index in [2.05, 4.69) is 24.8 Å². The number of carbonyl (C=O) groups excluding carboxylic acids is 1. The van der Waals surface area contributed by atoms with Crippen LogP contribution in [-0.2, 0) is 4.79 Å². The third-order valence-electron chi connectivity index (χ3n) is 9.33. The van der Waals surface area contributed by atoms with E-state index >= 15 is 0 Å². The summed E-state index contributed by atoms with van der Waals surface area (Å²) in [4.78, 5) is 12.6. The van der Waals surface area contributed by atoms with Gasteiger partial charge in [-0.05, 0) is 86.9 Å². The molecule has 1 N–H and O–H groups in total. The van der Waals surface area contributed by atoms with Gasteiger partial charge in [0, 0.05) is 24.7 Å². The summed E-state index contributed by atoms with van der Waals surface area (Å²) in [5, 5.41) is 11.0. The van der Waals surface area contributed by atoms with Crippen LogP contribution in [0.15, 0.2) is 11.6 Å². The van der Waals surface area contributed by atoms with Gasteiger partial charge in [-0.25, -0.2) is 0 Å². The molecular formula is C26H36O2. The maximum absolute atomic E-state index is 12.6. The molecule has 5 rings (SSSR count). The van der Waals surface area contributed by atoms with Crippen LogP contribution < -0.4 is 0 Å². The van der Waals surface area contributed by atoms with Gasteiger partial charge in [-0.1, -0.05) is 37.3 Å². The molecule has 0 heterocycles. The van der Waals surface area contributed by atoms with Gasteiger partial charge >= 0.3 is 0 Å². The minimum Gasteiger partial charge on any atom is -0.377 e. The van der Waals surface area contributed by atoms with Crippen molar-refractivity contribution in [1.29, 1.82) is 0 Å². The topological polar surface area (TPSA) is 37.3 Å². The molecule has 7 atom stereocenters. The molecule has 28 heavy (non-hydrogen) atoms. The first kappa shape index (κ1) is 18.9. The Kier molecular flexibility index (Phi) is 4.55. The number of carbonyl (C=O) groups is 1. The second-order valence-electron chi connectivity index (χ2n) is 10.8. The Hall–Kier alpha value is -1.07. The monoisotopic (exact) mass is 380 g/mol. The van der Waals surface area contributed by atoms with Gasteiger partial charge in [0.25, 0.3) is 0 Å². The van der Waals surface area contributed by atoms with E-state index in [1.807, 2.05) is 6.92 Å². The van der Waals surface area contributed by atoms with Crippen molar-refractivity contribution in [2.24, 2.45) is 40.9 Å². The Morgan fingerprint density at radius 1 is 1.14 bits per heavy atom. The lowest BCUT2D eigenvalue weighted by Crippen LogP contribution is -2.48. The summed E-state index contributed by atoms with van der Waals surface area (Å²) < 4.78 is 0. The van der Waals surface area contributed by atoms with Gasteiger partial charge in [0.05, 0.1) is 0 Å². The van der Waals surface area contributed by atoms with E-state index in [0.717, 1.165) is 49.9 Å². The van der Waals surface area contributed by atoms with Crippen LogP contribution in [0.5, 0.6) is 0 Å². The smallest absolute Gasteiger partial charge is 0.136 e. The molecule has 5 aliphatic rings. The first-order valence-electron chi connectivity index (χ1n) is 11.9. The van der Waals surface area contributed by atoms with Crippen molar-refractivity contribution >= 4 is 5.78 Å². The van der Waals surface area contributed by atoms with E-state index in [9.17, 15) is 9.90 Å². The average Bonchev–Trinajstić information content (AvgIpc) is 3.45. The first-order valence-corrected chi connectivity index (χ1v) is 11.9. The van der Waals surface area contributed by atoms with Crippen LogP contribution in [0, 0.1) is 52.8 Å². The van der Waals surface area contributed by atoms with Crippen LogP contribution in [0.2, 0.25) is 0 Å². The van der Waals surface area contributed by atoms with Crippen LogP contribution >= 0.6 is 0 Å². The molecule has 0 spiro atoms. The van der Waals surface area contributed by atoms with E-state index in [-0.39, 0.29) is 5.41 Å². The van der Waals surface area contributed by atoms with Gasteiger partial charge < -0.3 is 5.11 Å². The highest BCUT2D eigenvalue weighted by molar-refractivity contribution is 5.82. The Morgan fingerprint density at radius 3 is 2.71 bits per heavy atom. The Morgan fingerprint density at radius 2 is 1.96 bits per heavy atom. The normalized spacial score (nSPS) is 47.1. The summed E-state index contributed by atoms with van der Waals surface area (Å²) in [6.45, 7) is 4.47. The fourth-order valence-electron chi connectivity index (χ4n) is 7.64. The summed E-state index contributed by atoms with van der Waals surface area (Å²) in [6.07, 6.45) is 14.4. The van der Waals surface area contributed by atoms with Gasteiger partial charge in [0.2, 0.25) is 0 Å². The van der Waals surface area contributed by atoms with E-state index in [0.29, 0.717) is 30.0 Å². The van der Waals surface area contributed by atoms with E-state index in [4.69, 9.17) is 0 Å². The molecule has 4 fully saturated rings. The first-order chi connectivity index (χ1) is 13.4. The van der Waals surface area contributed by atoms with E-state index < -0.39 is 5.60 Å². The second-order valence-corrected chi connectivity index (χ2v) is 10.8. The van der Waals surface area contributed by atoms with Crippen LogP contribution in [0.4, 0.5) is 0 Å². The third-order valence-corrected chi connectivity index (χ3v) is 9.33. The van der Waals surface area contributed by atoms with Gasteiger partial charge in [-0.15, -0.1) is 0 Å². The number of hydrogen-bond donors (Lipinski definition) is 1. The van der Waals surface area contributed by atoms with Gasteiger partial charge in [0.1, 0.15) is 11.4 Å². The molecule has 152 valence electrons. The SMILES string of the molecule is CCC(=O)C1CCC2C3CC=C4CC(O)(C#CC5CC5)CCC4C3CCC12C. The molecule has 0 radical (unpaired) electrons. The highest BCUT2D eigenvalue weighted by Crippen LogP contribution is 2.63. The zero-order valence-electron chi connectivity index (χ0n) is 17.7. The summed E-state index contributed by atoms with van der Waals surface area (Å²) in [5.41, 5.74) is 0.973. The summed E-state index contributed by atoms with van der Waals surface area (Å²) in [6, 6.07) is 0. The molecule has 7 unspecified atom stereocenters. The number of allylic oxidation sites excluding steroid dienone is 1. The third kappa shape index (κ3) is 3.00. The molecule has 0 aromatic carbocycles. The van der Waals surface area contributed by atoms with E-state index in [1.54, 1.807) is 0 Å². The number of hydrogen-bond acceptors (Lipinski definition) is 2. The van der Waals surface area contributed by atoms with Gasteiger partial charge in [-0.3, -0.25) is 4.79 Å². The maximum Gasteiger partial charge on any atom is 0.136 e. The average molecular weight is 381 g/mol. The number of aliphatic hydroxyl groups is 1. The highest BCUT2D eigenvalue weighted by atomic mass is 16.3. The van der Waals surface area contributed by atoms with E-state index in [1.165, 1.54) is 37.7 Å². The zero-order chi connectivity index (χ0) is 19.5. The molecule has 2 nitrogen and oxygen atoms in total. The van der Waals surface area contributed by atoms with Crippen molar-refractivity contribution in [2.75, 3.05) is 0 Å². The summed E-state index contributed by atoms with van der Waals surface area (Å²) >= 11 is 0. The van der Waals surface area contributed by atoms with Crippen LogP contribution in [0.1, 0.15) is 84.5 Å². The Balaban J connectivity index is 1.35. The van der Waals surface area contributed by atoms with Crippen molar-refractivity contribution in [3.63, 3.8) is 0 Å². The minimum absolute atomic E-state index is 0.241. The van der Waals surface area contributed by atoms with Crippen molar-refractivity contribution in [3.05, 3.63) is 11.6 Å². The Bertz CT molecular complexity index is 750. The van der Waals surface area contributed by atoms with Gasteiger partial charge in [0.15, 0.2) is 0 Å². The van der Waals surface area contributed by atoms with Crippen LogP contribution in [-0.4, -0.2) is 16.5 Å². The lowest BCUT2D eigenvalue weighted by molar-refractivity contribution is -0.128. The number of ketones is 1. The number of rotatable bonds is 2. The number of fused-ring (bicyclic) bond motifs is 5. The minimum atomic E-state index is -0.771. The summed E-state index contributed by atoms with van der Waals surface area (Å²) in [5.74, 6) is 10.9. The molecule has 4 saturated carbocycles. The highest BCUT2D eigenvalue weighted by Gasteiger charge is 2.57. The zero-order valence-corrected chi connectivity index (χ0v) is 17.7. The van der Waals surface area contributed by atoms with Gasteiger partial charge in [-0.2, -0.15) is 0 Å². The van der Waals surface area contributed by atoms with Crippen molar-refractivity contribution in [1.82, 2.24) is 0 Å². The quantitative estimate of drug-likeness (QED) is 0.521. The standard InChI is InChI=1S/C26H36O2/c1-3-24(27)23-9-8-22-21-7-6-18-16-26(28,14-10-17-4-5-17)15-12-19(18)20(21)11-13-25(22,23)2/h6,17,19-23,28H,3-5,7-9,11-13,15-16H2,1-2H3. The summed E-state index contributed by atoms with van der Waals surface area (Å²) in [7, 11) is 0. The fraction of sp³-hybridized carbons (Fsp3) is 0.808. The van der Waals surface area contributed by atoms with Crippen molar-refractivity contribution in [2.45, 2.75) is 90.1 Å². The molecule has 2 heteroatoms.